The molecular weight excluding hydrogens is 304 g/mol. The molecule has 0 aliphatic heterocycles. The zero-order chi connectivity index (χ0) is 15.6. The molecule has 0 aliphatic rings. The van der Waals surface area contributed by atoms with E-state index < -0.39 is 21.4 Å². The predicted molar refractivity (Wildman–Crippen MR) is 74.3 cm³/mol. The summed E-state index contributed by atoms with van der Waals surface area (Å²) in [6, 6.07) is 1.09. The maximum atomic E-state index is 12.0. The molecule has 1 heterocycles. The first kappa shape index (κ1) is 16.6. The van der Waals surface area contributed by atoms with E-state index in [4.69, 9.17) is 5.11 Å². The molecule has 20 heavy (non-hydrogen) atoms. The molecule has 112 valence electrons. The van der Waals surface area contributed by atoms with Crippen molar-refractivity contribution in [3.63, 3.8) is 0 Å². The molecule has 9 heteroatoms. The van der Waals surface area contributed by atoms with Crippen molar-refractivity contribution in [3.8, 4) is 0 Å². The van der Waals surface area contributed by atoms with E-state index in [0.29, 0.717) is 0 Å². The van der Waals surface area contributed by atoms with Crippen LogP contribution in [0.25, 0.3) is 0 Å². The minimum absolute atomic E-state index is 0.0825. The molecule has 0 saturated carbocycles. The molecule has 1 aromatic rings. The molecule has 1 aromatic heterocycles. The van der Waals surface area contributed by atoms with Gasteiger partial charge in [-0.3, -0.25) is 4.79 Å². The quantitative estimate of drug-likeness (QED) is 0.706. The maximum absolute atomic E-state index is 12.0. The Morgan fingerprint density at radius 1 is 1.40 bits per heavy atom. The number of carbonyl (C=O) groups is 2. The van der Waals surface area contributed by atoms with Crippen LogP contribution < -0.4 is 10.0 Å². The van der Waals surface area contributed by atoms with Gasteiger partial charge >= 0.3 is 5.97 Å². The number of aromatic carboxylic acids is 1. The van der Waals surface area contributed by atoms with E-state index in [0.717, 1.165) is 17.4 Å². The van der Waals surface area contributed by atoms with E-state index in [1.54, 1.807) is 13.8 Å². The molecule has 0 aromatic carbocycles. The van der Waals surface area contributed by atoms with E-state index in [1.165, 1.54) is 12.4 Å². The van der Waals surface area contributed by atoms with Crippen molar-refractivity contribution in [2.75, 3.05) is 13.6 Å². The topological polar surface area (TPSA) is 113 Å². The van der Waals surface area contributed by atoms with Crippen LogP contribution in [0.2, 0.25) is 0 Å². The number of amides is 1. The van der Waals surface area contributed by atoms with Crippen molar-refractivity contribution >= 4 is 33.2 Å². The number of carboxylic acids is 1. The first-order valence-electron chi connectivity index (χ1n) is 5.64. The Balaban J connectivity index is 2.85. The third kappa shape index (κ3) is 3.78. The highest BCUT2D eigenvalue weighted by molar-refractivity contribution is 7.91. The largest absolute Gasteiger partial charge is 0.478 e. The molecule has 7 nitrogen and oxygen atoms in total. The summed E-state index contributed by atoms with van der Waals surface area (Å²) in [6.07, 6.45) is 0. The Morgan fingerprint density at radius 2 is 2.00 bits per heavy atom. The van der Waals surface area contributed by atoms with Crippen LogP contribution in [0.5, 0.6) is 0 Å². The van der Waals surface area contributed by atoms with Gasteiger partial charge in [0.2, 0.25) is 15.9 Å². The van der Waals surface area contributed by atoms with Crippen LogP contribution in [0.15, 0.2) is 15.7 Å². The van der Waals surface area contributed by atoms with Crippen molar-refractivity contribution < 1.29 is 23.1 Å². The summed E-state index contributed by atoms with van der Waals surface area (Å²) in [5.74, 6) is -1.48. The summed E-state index contributed by atoms with van der Waals surface area (Å²) in [5.41, 5.74) is -0.990. The van der Waals surface area contributed by atoms with Gasteiger partial charge in [0.15, 0.2) is 0 Å². The lowest BCUT2D eigenvalue weighted by Crippen LogP contribution is -2.43. The third-order valence-electron chi connectivity index (χ3n) is 2.63. The molecule has 0 saturated heterocycles. The lowest BCUT2D eigenvalue weighted by Gasteiger charge is -2.22. The van der Waals surface area contributed by atoms with Gasteiger partial charge in [0.25, 0.3) is 0 Å². The fourth-order valence-corrected chi connectivity index (χ4v) is 3.74. The summed E-state index contributed by atoms with van der Waals surface area (Å²) in [6.45, 7) is 3.12. The Hall–Kier alpha value is -1.45. The third-order valence-corrected chi connectivity index (χ3v) is 5.47. The second-order valence-corrected chi connectivity index (χ2v) is 7.65. The van der Waals surface area contributed by atoms with Crippen LogP contribution in [0, 0.1) is 5.41 Å². The summed E-state index contributed by atoms with van der Waals surface area (Å²) in [4.78, 5) is 22.3. The van der Waals surface area contributed by atoms with E-state index in [-0.39, 0.29) is 22.2 Å². The van der Waals surface area contributed by atoms with Gasteiger partial charge in [-0.1, -0.05) is 0 Å². The summed E-state index contributed by atoms with van der Waals surface area (Å²) in [5, 5.41) is 12.5. The average Bonchev–Trinajstić information content (AvgIpc) is 2.86. The zero-order valence-corrected chi connectivity index (χ0v) is 12.9. The van der Waals surface area contributed by atoms with Crippen LogP contribution in [0.4, 0.5) is 0 Å². The van der Waals surface area contributed by atoms with E-state index in [1.807, 2.05) is 0 Å². The first-order chi connectivity index (χ1) is 9.10. The van der Waals surface area contributed by atoms with Crippen LogP contribution >= 0.6 is 11.3 Å². The summed E-state index contributed by atoms with van der Waals surface area (Å²) >= 11 is 0.818. The number of hydrogen-bond acceptors (Lipinski definition) is 5. The Labute approximate surface area is 121 Å². The number of carboxylic acid groups (broad SMARTS) is 1. The molecule has 0 spiro atoms. The summed E-state index contributed by atoms with van der Waals surface area (Å²) < 4.78 is 26.2. The van der Waals surface area contributed by atoms with E-state index in [2.05, 4.69) is 10.0 Å². The second-order valence-electron chi connectivity index (χ2n) is 4.75. The SMILES string of the molecule is CNC(=O)C(C)(C)CNS(=O)(=O)c1cc(C(=O)O)cs1. The summed E-state index contributed by atoms with van der Waals surface area (Å²) in [7, 11) is -2.35. The molecule has 0 bridgehead atoms. The van der Waals surface area contributed by atoms with Crippen molar-refractivity contribution in [1.82, 2.24) is 10.0 Å². The number of hydrogen-bond donors (Lipinski definition) is 3. The average molecular weight is 320 g/mol. The maximum Gasteiger partial charge on any atom is 0.336 e. The van der Waals surface area contributed by atoms with Gasteiger partial charge < -0.3 is 10.4 Å². The highest BCUT2D eigenvalue weighted by atomic mass is 32.2. The van der Waals surface area contributed by atoms with Gasteiger partial charge in [0, 0.05) is 19.0 Å². The molecule has 1 amide bonds. The highest BCUT2D eigenvalue weighted by Crippen LogP contribution is 2.21. The number of sulfonamides is 1. The standard InChI is InChI=1S/C11H16N2O5S2/c1-11(2,10(16)12-3)6-13-20(17,18)8-4-7(5-19-8)9(14)15/h4-5,13H,6H2,1-3H3,(H,12,16)(H,14,15). The molecular formula is C11H16N2O5S2. The van der Waals surface area contributed by atoms with Crippen LogP contribution in [0.3, 0.4) is 0 Å². The number of nitrogens with one attached hydrogen (secondary N) is 2. The van der Waals surface area contributed by atoms with Crippen LogP contribution in [-0.2, 0) is 14.8 Å². The smallest absolute Gasteiger partial charge is 0.336 e. The van der Waals surface area contributed by atoms with Crippen molar-refractivity contribution in [2.24, 2.45) is 5.41 Å². The fourth-order valence-electron chi connectivity index (χ4n) is 1.33. The molecule has 3 N–H and O–H groups in total. The van der Waals surface area contributed by atoms with Gasteiger partial charge in [-0.25, -0.2) is 17.9 Å². The number of thiophene rings is 1. The van der Waals surface area contributed by atoms with Crippen molar-refractivity contribution in [1.29, 1.82) is 0 Å². The predicted octanol–water partition coefficient (Wildman–Crippen LogP) is 0.497. The second kappa shape index (κ2) is 5.90. The van der Waals surface area contributed by atoms with Crippen LogP contribution in [0.1, 0.15) is 24.2 Å². The monoisotopic (exact) mass is 320 g/mol. The highest BCUT2D eigenvalue weighted by Gasteiger charge is 2.29. The van der Waals surface area contributed by atoms with E-state index >= 15 is 0 Å². The van der Waals surface area contributed by atoms with Gasteiger partial charge in [-0.05, 0) is 19.9 Å². The molecule has 0 atom stereocenters. The normalized spacial score (nSPS) is 12.2. The minimum Gasteiger partial charge on any atom is -0.478 e. The molecule has 0 fully saturated rings. The van der Waals surface area contributed by atoms with E-state index in [9.17, 15) is 18.0 Å². The minimum atomic E-state index is -3.82. The van der Waals surface area contributed by atoms with Gasteiger partial charge in [0.1, 0.15) is 4.21 Å². The number of carbonyl (C=O) groups excluding carboxylic acids is 1. The molecule has 0 radical (unpaired) electrons. The lowest BCUT2D eigenvalue weighted by molar-refractivity contribution is -0.128. The lowest BCUT2D eigenvalue weighted by atomic mass is 9.93. The number of rotatable bonds is 6. The molecule has 1 rings (SSSR count). The molecule has 0 unspecified atom stereocenters. The van der Waals surface area contributed by atoms with Crippen molar-refractivity contribution in [2.45, 2.75) is 18.1 Å². The molecule has 0 aliphatic carbocycles. The van der Waals surface area contributed by atoms with Gasteiger partial charge in [-0.2, -0.15) is 0 Å². The zero-order valence-electron chi connectivity index (χ0n) is 11.3. The Morgan fingerprint density at radius 3 is 2.45 bits per heavy atom. The first-order valence-corrected chi connectivity index (χ1v) is 8.00. The van der Waals surface area contributed by atoms with Crippen LogP contribution in [-0.4, -0.2) is 39.0 Å². The fraction of sp³-hybridized carbons (Fsp3) is 0.455. The van der Waals surface area contributed by atoms with Crippen molar-refractivity contribution in [3.05, 3.63) is 17.0 Å². The van der Waals surface area contributed by atoms with Gasteiger partial charge in [0.05, 0.1) is 11.0 Å². The Bertz CT molecular complexity index is 619. The van der Waals surface area contributed by atoms with Gasteiger partial charge in [-0.15, -0.1) is 11.3 Å². The Kier molecular flexibility index (Phi) is 4.90.